The number of hydrogen-bond donors (Lipinski definition) is 0. The van der Waals surface area contributed by atoms with Crippen LogP contribution in [0.15, 0.2) is 12.7 Å². The molecular weight excluding hydrogens is 568 g/mol. The fourth-order valence-electron chi connectivity index (χ4n) is 2.62. The van der Waals surface area contributed by atoms with Crippen molar-refractivity contribution in [2.24, 2.45) is 0 Å². The Hall–Kier alpha value is -0.940. The standard InChI is InChI=1S/C27H51ClO13/c1-2-27(29)41-26-25-40-24-23-39-22-21-38-20-19-37-18-17-36-16-15-35-14-13-34-12-11-33-10-9-32-8-7-31-6-5-30-4-3-28/h2H,1,3-26H2. The van der Waals surface area contributed by atoms with Gasteiger partial charge in [0.15, 0.2) is 0 Å². The first-order chi connectivity index (χ1) is 20.3. The van der Waals surface area contributed by atoms with E-state index in [1.165, 1.54) is 0 Å². The van der Waals surface area contributed by atoms with Gasteiger partial charge in [0, 0.05) is 12.0 Å². The molecular formula is C27H51ClO13. The van der Waals surface area contributed by atoms with E-state index in [9.17, 15) is 4.79 Å². The maximum absolute atomic E-state index is 10.8. The molecule has 0 aromatic heterocycles. The molecule has 0 saturated heterocycles. The minimum atomic E-state index is -0.459. The zero-order valence-electron chi connectivity index (χ0n) is 24.4. The molecule has 0 spiro atoms. The van der Waals surface area contributed by atoms with Crippen LogP contribution >= 0.6 is 11.6 Å². The number of hydrogen-bond acceptors (Lipinski definition) is 13. The Morgan fingerprint density at radius 3 is 0.780 bits per heavy atom. The van der Waals surface area contributed by atoms with E-state index in [0.29, 0.717) is 151 Å². The van der Waals surface area contributed by atoms with Gasteiger partial charge < -0.3 is 56.8 Å². The summed E-state index contributed by atoms with van der Waals surface area (Å²) in [6.45, 7) is 14.3. The molecule has 0 N–H and O–H groups in total. The molecule has 0 heterocycles. The molecule has 0 rings (SSSR count). The Morgan fingerprint density at radius 2 is 0.585 bits per heavy atom. The molecule has 0 aliphatic rings. The van der Waals surface area contributed by atoms with Crippen molar-refractivity contribution in [3.63, 3.8) is 0 Å². The van der Waals surface area contributed by atoms with Crippen molar-refractivity contribution in [2.45, 2.75) is 0 Å². The SMILES string of the molecule is C=CC(=O)OCCOCCOCCOCCOCCOCCOCCOCCOCCOCCOCCOCCCl. The summed E-state index contributed by atoms with van der Waals surface area (Å²) in [4.78, 5) is 10.8. The topological polar surface area (TPSA) is 128 Å². The summed E-state index contributed by atoms with van der Waals surface area (Å²) >= 11 is 5.50. The second-order valence-corrected chi connectivity index (χ2v) is 8.17. The van der Waals surface area contributed by atoms with Crippen LogP contribution in [-0.2, 0) is 61.6 Å². The molecule has 0 atom stereocenters. The average Bonchev–Trinajstić information content (AvgIpc) is 2.99. The van der Waals surface area contributed by atoms with Crippen LogP contribution < -0.4 is 0 Å². The van der Waals surface area contributed by atoms with Gasteiger partial charge >= 0.3 is 5.97 Å². The Morgan fingerprint density at radius 1 is 0.390 bits per heavy atom. The summed E-state index contributed by atoms with van der Waals surface area (Å²) in [5.74, 6) is 0.0348. The zero-order valence-corrected chi connectivity index (χ0v) is 25.2. The third-order valence-electron chi connectivity index (χ3n) is 4.58. The molecule has 0 radical (unpaired) electrons. The molecule has 0 aliphatic heterocycles. The van der Waals surface area contributed by atoms with Gasteiger partial charge in [-0.2, -0.15) is 0 Å². The molecule has 41 heavy (non-hydrogen) atoms. The quantitative estimate of drug-likeness (QED) is 0.0431. The van der Waals surface area contributed by atoms with E-state index >= 15 is 0 Å². The number of esters is 1. The minimum Gasteiger partial charge on any atom is -0.460 e. The summed E-state index contributed by atoms with van der Waals surface area (Å²) < 4.78 is 64.0. The van der Waals surface area contributed by atoms with Crippen LogP contribution in [0.3, 0.4) is 0 Å². The summed E-state index contributed by atoms with van der Waals surface area (Å²) in [6, 6.07) is 0. The summed E-state index contributed by atoms with van der Waals surface area (Å²) in [5.41, 5.74) is 0. The maximum atomic E-state index is 10.8. The van der Waals surface area contributed by atoms with E-state index in [2.05, 4.69) is 6.58 Å². The monoisotopic (exact) mass is 618 g/mol. The van der Waals surface area contributed by atoms with Crippen LogP contribution in [0.1, 0.15) is 0 Å². The fraction of sp³-hybridized carbons (Fsp3) is 0.889. The molecule has 0 bridgehead atoms. The molecule has 244 valence electrons. The first-order valence-electron chi connectivity index (χ1n) is 14.0. The lowest BCUT2D eigenvalue weighted by Crippen LogP contribution is -2.15. The van der Waals surface area contributed by atoms with Gasteiger partial charge in [-0.25, -0.2) is 4.79 Å². The van der Waals surface area contributed by atoms with Crippen LogP contribution in [0.4, 0.5) is 0 Å². The molecule has 14 heteroatoms. The Bertz CT molecular complexity index is 531. The fourth-order valence-corrected chi connectivity index (χ4v) is 2.72. The van der Waals surface area contributed by atoms with E-state index in [0.717, 1.165) is 6.08 Å². The highest BCUT2D eigenvalue weighted by Crippen LogP contribution is 1.87. The number of rotatable bonds is 36. The smallest absolute Gasteiger partial charge is 0.330 e. The first kappa shape index (κ1) is 40.1. The van der Waals surface area contributed by atoms with Gasteiger partial charge in [-0.1, -0.05) is 6.58 Å². The van der Waals surface area contributed by atoms with Gasteiger partial charge in [-0.3, -0.25) is 0 Å². The summed E-state index contributed by atoms with van der Waals surface area (Å²) in [5, 5.41) is 0. The summed E-state index contributed by atoms with van der Waals surface area (Å²) in [6.07, 6.45) is 1.11. The highest BCUT2D eigenvalue weighted by atomic mass is 35.5. The number of halogens is 1. The Balaban J connectivity index is 3.04. The lowest BCUT2D eigenvalue weighted by Gasteiger charge is -2.09. The number of alkyl halides is 1. The molecule has 0 aliphatic carbocycles. The Kier molecular flexibility index (Phi) is 36.2. The number of carbonyl (C=O) groups is 1. The third kappa shape index (κ3) is 37.0. The molecule has 0 amide bonds. The van der Waals surface area contributed by atoms with Gasteiger partial charge in [0.05, 0.1) is 145 Å². The van der Waals surface area contributed by atoms with E-state index in [4.69, 9.17) is 68.4 Å². The highest BCUT2D eigenvalue weighted by Gasteiger charge is 1.97. The largest absolute Gasteiger partial charge is 0.460 e. The van der Waals surface area contributed by atoms with E-state index in [-0.39, 0.29) is 6.61 Å². The van der Waals surface area contributed by atoms with Gasteiger partial charge in [0.2, 0.25) is 0 Å². The summed E-state index contributed by atoms with van der Waals surface area (Å²) in [7, 11) is 0. The Labute approximate surface area is 249 Å². The highest BCUT2D eigenvalue weighted by molar-refractivity contribution is 6.17. The number of ether oxygens (including phenoxy) is 12. The lowest BCUT2D eigenvalue weighted by atomic mass is 10.6. The van der Waals surface area contributed by atoms with Crippen molar-refractivity contribution in [1.29, 1.82) is 0 Å². The molecule has 0 fully saturated rings. The van der Waals surface area contributed by atoms with Crippen LogP contribution in [0.5, 0.6) is 0 Å². The van der Waals surface area contributed by atoms with E-state index < -0.39 is 5.97 Å². The van der Waals surface area contributed by atoms with Crippen molar-refractivity contribution in [3.05, 3.63) is 12.7 Å². The van der Waals surface area contributed by atoms with Crippen molar-refractivity contribution in [2.75, 3.05) is 158 Å². The molecule has 0 aromatic carbocycles. The normalized spacial score (nSPS) is 11.2. The first-order valence-corrected chi connectivity index (χ1v) is 14.5. The van der Waals surface area contributed by atoms with Crippen molar-refractivity contribution in [1.82, 2.24) is 0 Å². The zero-order chi connectivity index (χ0) is 29.7. The van der Waals surface area contributed by atoms with Crippen LogP contribution in [0.25, 0.3) is 0 Å². The van der Waals surface area contributed by atoms with Crippen LogP contribution in [0, 0.1) is 0 Å². The van der Waals surface area contributed by atoms with Gasteiger partial charge in [-0.15, -0.1) is 11.6 Å². The van der Waals surface area contributed by atoms with Crippen molar-refractivity contribution >= 4 is 17.6 Å². The van der Waals surface area contributed by atoms with Gasteiger partial charge in [-0.05, 0) is 0 Å². The van der Waals surface area contributed by atoms with E-state index in [1.807, 2.05) is 0 Å². The molecule has 0 aromatic rings. The van der Waals surface area contributed by atoms with Gasteiger partial charge in [0.25, 0.3) is 0 Å². The maximum Gasteiger partial charge on any atom is 0.330 e. The second-order valence-electron chi connectivity index (χ2n) is 7.80. The predicted octanol–water partition coefficient (Wildman–Crippen LogP) is 1.14. The minimum absolute atomic E-state index is 0.198. The van der Waals surface area contributed by atoms with E-state index in [1.54, 1.807) is 0 Å². The average molecular weight is 619 g/mol. The van der Waals surface area contributed by atoms with Crippen LogP contribution in [0.2, 0.25) is 0 Å². The second kappa shape index (κ2) is 37.1. The van der Waals surface area contributed by atoms with Crippen LogP contribution in [-0.4, -0.2) is 164 Å². The van der Waals surface area contributed by atoms with Crippen molar-refractivity contribution < 1.29 is 61.6 Å². The molecule has 13 nitrogen and oxygen atoms in total. The third-order valence-corrected chi connectivity index (χ3v) is 4.73. The molecule has 0 unspecified atom stereocenters. The molecule has 0 saturated carbocycles. The lowest BCUT2D eigenvalue weighted by molar-refractivity contribution is -0.139. The predicted molar refractivity (Wildman–Crippen MR) is 151 cm³/mol. The van der Waals surface area contributed by atoms with Gasteiger partial charge in [0.1, 0.15) is 6.61 Å². The van der Waals surface area contributed by atoms with Crippen molar-refractivity contribution in [3.8, 4) is 0 Å². The number of carbonyl (C=O) groups excluding carboxylic acids is 1.